The highest BCUT2D eigenvalue weighted by atomic mass is 32.2. The highest BCUT2D eigenvalue weighted by Gasteiger charge is 2.15. The molecule has 21 heavy (non-hydrogen) atoms. The molecule has 3 N–H and O–H groups in total. The van der Waals surface area contributed by atoms with E-state index in [2.05, 4.69) is 19.8 Å². The fraction of sp³-hybridized carbons (Fsp3) is 0.273. The van der Waals surface area contributed by atoms with Crippen LogP contribution in [0.25, 0.3) is 0 Å². The van der Waals surface area contributed by atoms with Crippen LogP contribution < -0.4 is 10.5 Å². The maximum atomic E-state index is 12.0. The molecule has 2 rings (SSSR count). The van der Waals surface area contributed by atoms with Crippen LogP contribution in [0, 0.1) is 6.92 Å². The molecule has 0 saturated carbocycles. The first kappa shape index (κ1) is 15.5. The van der Waals surface area contributed by atoms with Crippen LogP contribution in [-0.4, -0.2) is 35.1 Å². The number of rotatable bonds is 6. The first-order valence-corrected chi connectivity index (χ1v) is 7.82. The van der Waals surface area contributed by atoms with Crippen molar-refractivity contribution in [3.8, 4) is 0 Å². The third kappa shape index (κ3) is 4.03. The number of hydrogen-bond acceptors (Lipinski definition) is 7. The number of aromatic nitrogens is 3. The fourth-order valence-electron chi connectivity index (χ4n) is 1.50. The first-order valence-electron chi connectivity index (χ1n) is 5.93. The molecule has 2 heterocycles. The van der Waals surface area contributed by atoms with E-state index in [4.69, 9.17) is 22.5 Å². The minimum atomic E-state index is -3.65. The van der Waals surface area contributed by atoms with Crippen LogP contribution >= 0.6 is 12.2 Å². The number of sulfonamides is 1. The molecule has 0 bridgehead atoms. The minimum absolute atomic E-state index is 0.0317. The standard InChI is InChI=1S/C11H13N5O3S2/c1-7-15-10(19-16-7)4-5-14-21(17,18)8-2-3-9(11(12)20)13-6-8/h2-3,6,14H,4-5H2,1H3,(H2,12,20). The van der Waals surface area contributed by atoms with E-state index in [1.54, 1.807) is 6.92 Å². The molecule has 0 saturated heterocycles. The first-order chi connectivity index (χ1) is 9.88. The van der Waals surface area contributed by atoms with Gasteiger partial charge in [0.05, 0.1) is 5.69 Å². The normalized spacial score (nSPS) is 11.5. The van der Waals surface area contributed by atoms with Crippen molar-refractivity contribution >= 4 is 27.2 Å². The molecule has 2 aromatic heterocycles. The van der Waals surface area contributed by atoms with E-state index >= 15 is 0 Å². The summed E-state index contributed by atoms with van der Waals surface area (Å²) in [6.45, 7) is 1.83. The van der Waals surface area contributed by atoms with Gasteiger partial charge in [-0.2, -0.15) is 4.98 Å². The summed E-state index contributed by atoms with van der Waals surface area (Å²) in [4.78, 5) is 8.01. The maximum absolute atomic E-state index is 12.0. The summed E-state index contributed by atoms with van der Waals surface area (Å²) in [6, 6.07) is 2.85. The molecular formula is C11H13N5O3S2. The van der Waals surface area contributed by atoms with E-state index in [1.807, 2.05) is 0 Å². The van der Waals surface area contributed by atoms with Gasteiger partial charge in [0.25, 0.3) is 0 Å². The molecule has 0 spiro atoms. The second-order valence-corrected chi connectivity index (χ2v) is 6.33. The van der Waals surface area contributed by atoms with E-state index in [9.17, 15) is 8.42 Å². The van der Waals surface area contributed by atoms with Gasteiger partial charge in [-0.15, -0.1) is 0 Å². The number of nitrogens with two attached hydrogens (primary N) is 1. The molecule has 0 fully saturated rings. The van der Waals surface area contributed by atoms with E-state index < -0.39 is 10.0 Å². The van der Waals surface area contributed by atoms with Crippen LogP contribution in [0.4, 0.5) is 0 Å². The zero-order chi connectivity index (χ0) is 15.5. The van der Waals surface area contributed by atoms with Crippen LogP contribution in [0.5, 0.6) is 0 Å². The molecule has 0 aromatic carbocycles. The monoisotopic (exact) mass is 327 g/mol. The zero-order valence-corrected chi connectivity index (χ0v) is 12.7. The van der Waals surface area contributed by atoms with Crippen LogP contribution in [0.1, 0.15) is 17.4 Å². The van der Waals surface area contributed by atoms with Gasteiger partial charge >= 0.3 is 0 Å². The summed E-state index contributed by atoms with van der Waals surface area (Å²) < 4.78 is 31.4. The van der Waals surface area contributed by atoms with Crippen molar-refractivity contribution in [2.24, 2.45) is 5.73 Å². The van der Waals surface area contributed by atoms with Crippen LogP contribution in [-0.2, 0) is 16.4 Å². The van der Waals surface area contributed by atoms with Crippen molar-refractivity contribution in [2.45, 2.75) is 18.2 Å². The number of nitrogens with zero attached hydrogens (tertiary/aromatic N) is 3. The second-order valence-electron chi connectivity index (χ2n) is 4.13. The van der Waals surface area contributed by atoms with Gasteiger partial charge in [-0.25, -0.2) is 13.1 Å². The lowest BCUT2D eigenvalue weighted by Gasteiger charge is -2.05. The molecule has 0 aliphatic heterocycles. The number of thiocarbonyl (C=S) groups is 1. The largest absolute Gasteiger partial charge is 0.388 e. The second kappa shape index (κ2) is 6.24. The van der Waals surface area contributed by atoms with Gasteiger partial charge in [-0.1, -0.05) is 17.4 Å². The molecule has 0 aliphatic carbocycles. The zero-order valence-electron chi connectivity index (χ0n) is 11.1. The summed E-state index contributed by atoms with van der Waals surface area (Å²) in [7, 11) is -3.65. The third-order valence-corrected chi connectivity index (χ3v) is 4.16. The Morgan fingerprint density at radius 2 is 2.24 bits per heavy atom. The lowest BCUT2D eigenvalue weighted by atomic mass is 10.3. The predicted molar refractivity (Wildman–Crippen MR) is 78.1 cm³/mol. The van der Waals surface area contributed by atoms with Crippen molar-refractivity contribution in [1.29, 1.82) is 0 Å². The molecule has 8 nitrogen and oxygen atoms in total. The lowest BCUT2D eigenvalue weighted by Crippen LogP contribution is -2.26. The molecule has 0 radical (unpaired) electrons. The summed E-state index contributed by atoms with van der Waals surface area (Å²) in [5.41, 5.74) is 5.77. The lowest BCUT2D eigenvalue weighted by molar-refractivity contribution is 0.375. The van der Waals surface area contributed by atoms with Crippen LogP contribution in [0.2, 0.25) is 0 Å². The molecule has 0 atom stereocenters. The Balaban J connectivity index is 1.99. The van der Waals surface area contributed by atoms with Crippen molar-refractivity contribution in [3.05, 3.63) is 35.7 Å². The summed E-state index contributed by atoms with van der Waals surface area (Å²) in [5.74, 6) is 0.877. The smallest absolute Gasteiger partial charge is 0.242 e. The van der Waals surface area contributed by atoms with Crippen molar-refractivity contribution < 1.29 is 12.9 Å². The average Bonchev–Trinajstić information content (AvgIpc) is 2.84. The maximum Gasteiger partial charge on any atom is 0.242 e. The van der Waals surface area contributed by atoms with E-state index in [0.717, 1.165) is 0 Å². The molecule has 10 heteroatoms. The Hall–Kier alpha value is -1.91. The number of hydrogen-bond donors (Lipinski definition) is 2. The Kier molecular flexibility index (Phi) is 4.60. The Morgan fingerprint density at radius 1 is 1.48 bits per heavy atom. The van der Waals surface area contributed by atoms with E-state index in [-0.39, 0.29) is 16.4 Å². The van der Waals surface area contributed by atoms with Crippen molar-refractivity contribution in [2.75, 3.05) is 6.54 Å². The van der Waals surface area contributed by atoms with Crippen LogP contribution in [0.15, 0.2) is 27.7 Å². The van der Waals surface area contributed by atoms with E-state index in [0.29, 0.717) is 23.8 Å². The van der Waals surface area contributed by atoms with Gasteiger partial charge in [-0.05, 0) is 19.1 Å². The average molecular weight is 327 g/mol. The quantitative estimate of drug-likeness (QED) is 0.706. The van der Waals surface area contributed by atoms with Gasteiger partial charge in [0.1, 0.15) is 9.88 Å². The molecule has 0 amide bonds. The topological polar surface area (TPSA) is 124 Å². The number of pyridine rings is 1. The van der Waals surface area contributed by atoms with Gasteiger partial charge < -0.3 is 10.3 Å². The van der Waals surface area contributed by atoms with E-state index in [1.165, 1.54) is 18.3 Å². The molecular weight excluding hydrogens is 314 g/mol. The summed E-state index contributed by atoms with van der Waals surface area (Å²) in [6.07, 6.45) is 1.51. The van der Waals surface area contributed by atoms with Gasteiger partial charge in [0, 0.05) is 19.2 Å². The molecule has 2 aromatic rings. The minimum Gasteiger partial charge on any atom is -0.388 e. The number of aryl methyl sites for hydroxylation is 1. The van der Waals surface area contributed by atoms with Gasteiger partial charge in [-0.3, -0.25) is 4.98 Å². The Morgan fingerprint density at radius 3 is 2.76 bits per heavy atom. The molecule has 112 valence electrons. The Bertz CT molecular complexity index is 739. The summed E-state index contributed by atoms with van der Waals surface area (Å²) in [5, 5.41) is 3.62. The SMILES string of the molecule is Cc1noc(CCNS(=O)(=O)c2ccc(C(N)=S)nc2)n1. The van der Waals surface area contributed by atoms with Gasteiger partial charge in [0.2, 0.25) is 15.9 Å². The molecule has 0 unspecified atom stereocenters. The molecule has 0 aliphatic rings. The highest BCUT2D eigenvalue weighted by Crippen LogP contribution is 2.08. The van der Waals surface area contributed by atoms with Crippen molar-refractivity contribution in [1.82, 2.24) is 19.8 Å². The van der Waals surface area contributed by atoms with Crippen molar-refractivity contribution in [3.63, 3.8) is 0 Å². The van der Waals surface area contributed by atoms with Crippen LogP contribution in [0.3, 0.4) is 0 Å². The Labute approximate surface area is 126 Å². The third-order valence-electron chi connectivity index (χ3n) is 2.50. The predicted octanol–water partition coefficient (Wildman–Crippen LogP) is -0.0718. The number of nitrogens with one attached hydrogen (secondary N) is 1. The summed E-state index contributed by atoms with van der Waals surface area (Å²) >= 11 is 4.75. The van der Waals surface area contributed by atoms with Gasteiger partial charge in [0.15, 0.2) is 5.82 Å². The highest BCUT2D eigenvalue weighted by molar-refractivity contribution is 7.89. The fourth-order valence-corrected chi connectivity index (χ4v) is 2.60.